The standard InChI is InChI=1S/C17H16N2O3S/c1-17(21,13-7-8-23-10-13)11-18-16(20)15-9-14(19-22-15)12-5-3-2-4-6-12/h2-10,21H,11H2,1H3,(H,18,20). The van der Waals surface area contributed by atoms with Gasteiger partial charge in [-0.25, -0.2) is 0 Å². The number of benzene rings is 1. The smallest absolute Gasteiger partial charge is 0.290 e. The number of carbonyl (C=O) groups excluding carboxylic acids is 1. The normalized spacial score (nSPS) is 13.5. The molecule has 0 radical (unpaired) electrons. The number of aliphatic hydroxyl groups is 1. The van der Waals surface area contributed by atoms with E-state index in [-0.39, 0.29) is 12.3 Å². The summed E-state index contributed by atoms with van der Waals surface area (Å²) in [4.78, 5) is 12.2. The van der Waals surface area contributed by atoms with Crippen LogP contribution in [0, 0.1) is 0 Å². The molecule has 0 aliphatic carbocycles. The van der Waals surface area contributed by atoms with Crippen LogP contribution in [0.3, 0.4) is 0 Å². The minimum Gasteiger partial charge on any atom is -0.384 e. The maximum Gasteiger partial charge on any atom is 0.290 e. The number of amides is 1. The van der Waals surface area contributed by atoms with Crippen LogP contribution < -0.4 is 5.32 Å². The van der Waals surface area contributed by atoms with Crippen molar-refractivity contribution >= 4 is 17.2 Å². The highest BCUT2D eigenvalue weighted by Gasteiger charge is 2.25. The van der Waals surface area contributed by atoms with Crippen molar-refractivity contribution in [2.75, 3.05) is 6.54 Å². The molecule has 0 saturated carbocycles. The number of thiophene rings is 1. The molecule has 2 heterocycles. The van der Waals surface area contributed by atoms with Gasteiger partial charge in [-0.2, -0.15) is 11.3 Å². The van der Waals surface area contributed by atoms with E-state index in [2.05, 4.69) is 10.5 Å². The average molecular weight is 328 g/mol. The van der Waals surface area contributed by atoms with Crippen molar-refractivity contribution in [1.82, 2.24) is 10.5 Å². The molecule has 1 aromatic carbocycles. The van der Waals surface area contributed by atoms with E-state index in [1.165, 1.54) is 11.3 Å². The Kier molecular flexibility index (Phi) is 4.27. The second-order valence-corrected chi connectivity index (χ2v) is 6.19. The molecule has 3 rings (SSSR count). The van der Waals surface area contributed by atoms with Gasteiger partial charge < -0.3 is 14.9 Å². The van der Waals surface area contributed by atoms with Crippen molar-refractivity contribution in [3.8, 4) is 11.3 Å². The molecule has 0 saturated heterocycles. The van der Waals surface area contributed by atoms with Gasteiger partial charge in [0.2, 0.25) is 5.76 Å². The second kappa shape index (κ2) is 6.36. The van der Waals surface area contributed by atoms with E-state index < -0.39 is 11.5 Å². The summed E-state index contributed by atoms with van der Waals surface area (Å²) >= 11 is 1.50. The molecule has 0 fully saturated rings. The molecule has 2 N–H and O–H groups in total. The van der Waals surface area contributed by atoms with Crippen LogP contribution in [0.15, 0.2) is 57.7 Å². The van der Waals surface area contributed by atoms with E-state index in [0.29, 0.717) is 5.69 Å². The van der Waals surface area contributed by atoms with Crippen molar-refractivity contribution in [2.24, 2.45) is 0 Å². The van der Waals surface area contributed by atoms with Gasteiger partial charge in [0.15, 0.2) is 0 Å². The third-order valence-corrected chi connectivity index (χ3v) is 4.22. The van der Waals surface area contributed by atoms with Gasteiger partial charge in [-0.15, -0.1) is 0 Å². The second-order valence-electron chi connectivity index (χ2n) is 5.41. The monoisotopic (exact) mass is 328 g/mol. The summed E-state index contributed by atoms with van der Waals surface area (Å²) in [5.41, 5.74) is 1.11. The number of hydrogen-bond acceptors (Lipinski definition) is 5. The number of nitrogens with zero attached hydrogens (tertiary/aromatic N) is 1. The zero-order valence-corrected chi connectivity index (χ0v) is 13.3. The van der Waals surface area contributed by atoms with E-state index in [1.807, 2.05) is 47.2 Å². The predicted octanol–water partition coefficient (Wildman–Crippen LogP) is 3.04. The lowest BCUT2D eigenvalue weighted by molar-refractivity contribution is 0.0520. The Balaban J connectivity index is 1.66. The Morgan fingerprint density at radius 1 is 1.35 bits per heavy atom. The minimum atomic E-state index is -1.13. The van der Waals surface area contributed by atoms with Crippen molar-refractivity contribution < 1.29 is 14.4 Å². The van der Waals surface area contributed by atoms with E-state index in [1.54, 1.807) is 13.0 Å². The van der Waals surface area contributed by atoms with Gasteiger partial charge in [-0.05, 0) is 29.3 Å². The van der Waals surface area contributed by atoms with Crippen LogP contribution in [0.5, 0.6) is 0 Å². The summed E-state index contributed by atoms with van der Waals surface area (Å²) in [6, 6.07) is 12.9. The van der Waals surface area contributed by atoms with Crippen LogP contribution in [0.2, 0.25) is 0 Å². The molecule has 0 spiro atoms. The van der Waals surface area contributed by atoms with E-state index >= 15 is 0 Å². The van der Waals surface area contributed by atoms with Gasteiger partial charge in [0.05, 0.1) is 6.54 Å². The Hall–Kier alpha value is -2.44. The maximum atomic E-state index is 12.2. The summed E-state index contributed by atoms with van der Waals surface area (Å²) in [6.45, 7) is 1.75. The molecule has 5 nitrogen and oxygen atoms in total. The lowest BCUT2D eigenvalue weighted by atomic mass is 9.99. The molecule has 1 amide bonds. The number of carbonyl (C=O) groups is 1. The first kappa shape index (κ1) is 15.5. The molecular formula is C17H16N2O3S. The van der Waals surface area contributed by atoms with Crippen molar-refractivity contribution in [3.05, 3.63) is 64.5 Å². The molecule has 3 aromatic rings. The highest BCUT2D eigenvalue weighted by Crippen LogP contribution is 2.22. The van der Waals surface area contributed by atoms with E-state index in [9.17, 15) is 9.90 Å². The van der Waals surface area contributed by atoms with Crippen LogP contribution in [-0.2, 0) is 5.60 Å². The Morgan fingerprint density at radius 2 is 2.13 bits per heavy atom. The van der Waals surface area contributed by atoms with Crippen LogP contribution in [0.4, 0.5) is 0 Å². The van der Waals surface area contributed by atoms with Gasteiger partial charge in [0.25, 0.3) is 5.91 Å². The zero-order valence-electron chi connectivity index (χ0n) is 12.5. The maximum absolute atomic E-state index is 12.2. The fourth-order valence-corrected chi connectivity index (χ4v) is 2.92. The quantitative estimate of drug-likeness (QED) is 0.755. The van der Waals surface area contributed by atoms with Gasteiger partial charge >= 0.3 is 0 Å². The molecular weight excluding hydrogens is 312 g/mol. The van der Waals surface area contributed by atoms with Gasteiger partial charge in [-0.1, -0.05) is 35.5 Å². The third kappa shape index (κ3) is 3.49. The van der Waals surface area contributed by atoms with Crippen LogP contribution in [-0.4, -0.2) is 22.7 Å². The summed E-state index contributed by atoms with van der Waals surface area (Å²) in [7, 11) is 0. The Bertz CT molecular complexity index is 779. The fourth-order valence-electron chi connectivity index (χ4n) is 2.14. The number of nitrogens with one attached hydrogen (secondary N) is 1. The summed E-state index contributed by atoms with van der Waals surface area (Å²) in [6.07, 6.45) is 0. The van der Waals surface area contributed by atoms with E-state index in [4.69, 9.17) is 4.52 Å². The molecule has 23 heavy (non-hydrogen) atoms. The van der Waals surface area contributed by atoms with Gasteiger partial charge in [-0.3, -0.25) is 4.79 Å². The molecule has 0 aliphatic heterocycles. The lowest BCUT2D eigenvalue weighted by Crippen LogP contribution is -2.38. The first-order valence-electron chi connectivity index (χ1n) is 7.12. The van der Waals surface area contributed by atoms with Crippen molar-refractivity contribution in [2.45, 2.75) is 12.5 Å². The minimum absolute atomic E-state index is 0.0872. The first-order chi connectivity index (χ1) is 11.1. The summed E-state index contributed by atoms with van der Waals surface area (Å²) in [5.74, 6) is -0.292. The zero-order chi connectivity index (χ0) is 16.3. The number of hydrogen-bond donors (Lipinski definition) is 2. The van der Waals surface area contributed by atoms with Crippen molar-refractivity contribution in [1.29, 1.82) is 0 Å². The predicted molar refractivity (Wildman–Crippen MR) is 88.2 cm³/mol. The SMILES string of the molecule is CC(O)(CNC(=O)c1cc(-c2ccccc2)no1)c1ccsc1. The molecule has 118 valence electrons. The highest BCUT2D eigenvalue weighted by molar-refractivity contribution is 7.08. The molecule has 6 heteroatoms. The van der Waals surface area contributed by atoms with E-state index in [0.717, 1.165) is 11.1 Å². The van der Waals surface area contributed by atoms with Gasteiger partial charge in [0, 0.05) is 11.6 Å². The average Bonchev–Trinajstić information content (AvgIpc) is 3.25. The number of rotatable bonds is 5. The summed E-state index contributed by atoms with van der Waals surface area (Å²) in [5, 5.41) is 20.7. The van der Waals surface area contributed by atoms with Crippen LogP contribution in [0.25, 0.3) is 11.3 Å². The van der Waals surface area contributed by atoms with Crippen molar-refractivity contribution in [3.63, 3.8) is 0 Å². The molecule has 1 unspecified atom stereocenters. The fraction of sp³-hybridized carbons (Fsp3) is 0.176. The Morgan fingerprint density at radius 3 is 2.83 bits per heavy atom. The summed E-state index contributed by atoms with van der Waals surface area (Å²) < 4.78 is 5.10. The molecule has 0 aliphatic rings. The molecule has 2 aromatic heterocycles. The highest BCUT2D eigenvalue weighted by atomic mass is 32.1. The molecule has 0 bridgehead atoms. The number of aromatic nitrogens is 1. The third-order valence-electron chi connectivity index (χ3n) is 3.54. The Labute approximate surface area is 137 Å². The molecule has 1 atom stereocenters. The van der Waals surface area contributed by atoms with Crippen LogP contribution >= 0.6 is 11.3 Å². The topological polar surface area (TPSA) is 75.4 Å². The van der Waals surface area contributed by atoms with Gasteiger partial charge in [0.1, 0.15) is 11.3 Å². The van der Waals surface area contributed by atoms with Crippen LogP contribution in [0.1, 0.15) is 23.0 Å². The largest absolute Gasteiger partial charge is 0.384 e. The first-order valence-corrected chi connectivity index (χ1v) is 8.06. The lowest BCUT2D eigenvalue weighted by Gasteiger charge is -2.22.